The summed E-state index contributed by atoms with van der Waals surface area (Å²) < 4.78 is 0. The Morgan fingerprint density at radius 1 is 1.50 bits per heavy atom. The fourth-order valence-corrected chi connectivity index (χ4v) is 0.973. The standard InChI is InChI=1S/C9H15NOS/c1-2-3-4-5-7-10-9(11)6-8-12/h1,12H,3-8H2,(H,10,11). The molecule has 0 aromatic rings. The van der Waals surface area contributed by atoms with Gasteiger partial charge in [0.2, 0.25) is 5.91 Å². The van der Waals surface area contributed by atoms with Gasteiger partial charge in [0.05, 0.1) is 0 Å². The molecule has 0 atom stereocenters. The average Bonchev–Trinajstić information content (AvgIpc) is 2.05. The van der Waals surface area contributed by atoms with Crippen LogP contribution in [0.2, 0.25) is 0 Å². The van der Waals surface area contributed by atoms with Crippen LogP contribution >= 0.6 is 12.6 Å². The molecular formula is C9H15NOS. The molecule has 68 valence electrons. The molecule has 0 aromatic heterocycles. The lowest BCUT2D eigenvalue weighted by Crippen LogP contribution is -2.24. The number of hydrogen-bond donors (Lipinski definition) is 2. The molecule has 0 aromatic carbocycles. The van der Waals surface area contributed by atoms with Gasteiger partial charge in [0, 0.05) is 19.4 Å². The van der Waals surface area contributed by atoms with Crippen LogP contribution in [0.15, 0.2) is 0 Å². The van der Waals surface area contributed by atoms with Gasteiger partial charge in [0.15, 0.2) is 0 Å². The van der Waals surface area contributed by atoms with Gasteiger partial charge < -0.3 is 5.32 Å². The van der Waals surface area contributed by atoms with E-state index in [4.69, 9.17) is 6.42 Å². The van der Waals surface area contributed by atoms with Gasteiger partial charge in [0.25, 0.3) is 0 Å². The molecule has 0 saturated carbocycles. The van der Waals surface area contributed by atoms with Gasteiger partial charge in [-0.2, -0.15) is 12.6 Å². The third-order valence-corrected chi connectivity index (χ3v) is 1.63. The quantitative estimate of drug-likeness (QED) is 0.364. The number of terminal acetylenes is 1. The van der Waals surface area contributed by atoms with E-state index in [9.17, 15) is 4.79 Å². The Balaban J connectivity index is 3.09. The van der Waals surface area contributed by atoms with E-state index in [2.05, 4.69) is 23.9 Å². The number of thiol groups is 1. The molecule has 1 amide bonds. The second-order valence-electron chi connectivity index (χ2n) is 2.48. The number of carbonyl (C=O) groups is 1. The van der Waals surface area contributed by atoms with Gasteiger partial charge in [-0.25, -0.2) is 0 Å². The summed E-state index contributed by atoms with van der Waals surface area (Å²) in [5, 5.41) is 2.79. The van der Waals surface area contributed by atoms with E-state index >= 15 is 0 Å². The molecule has 1 N–H and O–H groups in total. The van der Waals surface area contributed by atoms with Crippen LogP contribution in [-0.2, 0) is 4.79 Å². The van der Waals surface area contributed by atoms with E-state index in [0.717, 1.165) is 25.8 Å². The van der Waals surface area contributed by atoms with Gasteiger partial charge in [-0.05, 0) is 18.6 Å². The third-order valence-electron chi connectivity index (χ3n) is 1.41. The Morgan fingerprint density at radius 2 is 2.25 bits per heavy atom. The highest BCUT2D eigenvalue weighted by molar-refractivity contribution is 7.80. The smallest absolute Gasteiger partial charge is 0.220 e. The fraction of sp³-hybridized carbons (Fsp3) is 0.667. The maximum absolute atomic E-state index is 10.9. The Labute approximate surface area is 79.5 Å². The highest BCUT2D eigenvalue weighted by Gasteiger charge is 1.96. The molecule has 0 aliphatic carbocycles. The number of unbranched alkanes of at least 4 members (excludes halogenated alkanes) is 2. The highest BCUT2D eigenvalue weighted by atomic mass is 32.1. The van der Waals surface area contributed by atoms with E-state index < -0.39 is 0 Å². The number of rotatable bonds is 6. The van der Waals surface area contributed by atoms with Gasteiger partial charge in [-0.3, -0.25) is 4.79 Å². The minimum absolute atomic E-state index is 0.0747. The van der Waals surface area contributed by atoms with Crippen molar-refractivity contribution >= 4 is 18.5 Å². The molecule has 0 saturated heterocycles. The largest absolute Gasteiger partial charge is 0.356 e. The summed E-state index contributed by atoms with van der Waals surface area (Å²) in [6, 6.07) is 0. The van der Waals surface area contributed by atoms with E-state index in [1.54, 1.807) is 0 Å². The predicted octanol–water partition coefficient (Wildman–Crippen LogP) is 1.23. The SMILES string of the molecule is C#CCCCCNC(=O)CCS. The molecular weight excluding hydrogens is 170 g/mol. The third kappa shape index (κ3) is 7.49. The van der Waals surface area contributed by atoms with Crippen LogP contribution in [0.1, 0.15) is 25.7 Å². The molecule has 0 radical (unpaired) electrons. The molecule has 0 aliphatic heterocycles. The molecule has 0 fully saturated rings. The normalized spacial score (nSPS) is 9.00. The van der Waals surface area contributed by atoms with Crippen LogP contribution in [0, 0.1) is 12.3 Å². The summed E-state index contributed by atoms with van der Waals surface area (Å²) in [4.78, 5) is 10.9. The second-order valence-corrected chi connectivity index (χ2v) is 2.93. The van der Waals surface area contributed by atoms with Crippen molar-refractivity contribution in [1.29, 1.82) is 0 Å². The van der Waals surface area contributed by atoms with Gasteiger partial charge in [-0.1, -0.05) is 0 Å². The molecule has 0 unspecified atom stereocenters. The molecule has 3 heteroatoms. The first-order valence-corrected chi connectivity index (χ1v) is 4.75. The van der Waals surface area contributed by atoms with Crippen LogP contribution in [0.3, 0.4) is 0 Å². The first kappa shape index (κ1) is 11.4. The van der Waals surface area contributed by atoms with Crippen molar-refractivity contribution in [2.24, 2.45) is 0 Å². The lowest BCUT2D eigenvalue weighted by Gasteiger charge is -2.01. The first-order chi connectivity index (χ1) is 5.81. The summed E-state index contributed by atoms with van der Waals surface area (Å²) in [5.74, 6) is 3.24. The molecule has 0 aliphatic rings. The number of amides is 1. The van der Waals surface area contributed by atoms with Gasteiger partial charge in [-0.15, -0.1) is 12.3 Å². The van der Waals surface area contributed by atoms with Crippen LogP contribution in [0.25, 0.3) is 0 Å². The summed E-state index contributed by atoms with van der Waals surface area (Å²) in [6.45, 7) is 0.730. The summed E-state index contributed by atoms with van der Waals surface area (Å²) in [6.07, 6.45) is 8.31. The summed E-state index contributed by atoms with van der Waals surface area (Å²) in [7, 11) is 0. The van der Waals surface area contributed by atoms with Crippen LogP contribution in [0.5, 0.6) is 0 Å². The zero-order valence-electron chi connectivity index (χ0n) is 7.18. The zero-order valence-corrected chi connectivity index (χ0v) is 8.07. The lowest BCUT2D eigenvalue weighted by molar-refractivity contribution is -0.120. The van der Waals surface area contributed by atoms with Crippen LogP contribution < -0.4 is 5.32 Å². The molecule has 12 heavy (non-hydrogen) atoms. The minimum Gasteiger partial charge on any atom is -0.356 e. The van der Waals surface area contributed by atoms with Crippen molar-refractivity contribution in [1.82, 2.24) is 5.32 Å². The van der Waals surface area contributed by atoms with Crippen molar-refractivity contribution in [2.75, 3.05) is 12.3 Å². The predicted molar refractivity (Wildman–Crippen MR) is 54.2 cm³/mol. The van der Waals surface area contributed by atoms with E-state index in [1.807, 2.05) is 0 Å². The lowest BCUT2D eigenvalue weighted by atomic mass is 10.2. The van der Waals surface area contributed by atoms with E-state index in [-0.39, 0.29) is 5.91 Å². The monoisotopic (exact) mass is 185 g/mol. The van der Waals surface area contributed by atoms with Crippen LogP contribution in [-0.4, -0.2) is 18.2 Å². The Morgan fingerprint density at radius 3 is 2.83 bits per heavy atom. The molecule has 0 heterocycles. The Hall–Kier alpha value is -0.620. The number of nitrogens with one attached hydrogen (secondary N) is 1. The first-order valence-electron chi connectivity index (χ1n) is 4.12. The molecule has 2 nitrogen and oxygen atoms in total. The van der Waals surface area contributed by atoms with E-state index in [0.29, 0.717) is 12.2 Å². The topological polar surface area (TPSA) is 29.1 Å². The Kier molecular flexibility index (Phi) is 8.04. The Bertz CT molecular complexity index is 162. The maximum atomic E-state index is 10.9. The van der Waals surface area contributed by atoms with E-state index in [1.165, 1.54) is 0 Å². The molecule has 0 bridgehead atoms. The second kappa shape index (κ2) is 8.48. The van der Waals surface area contributed by atoms with Crippen LogP contribution in [0.4, 0.5) is 0 Å². The van der Waals surface area contributed by atoms with Gasteiger partial charge in [0.1, 0.15) is 0 Å². The van der Waals surface area contributed by atoms with Crippen molar-refractivity contribution in [2.45, 2.75) is 25.7 Å². The maximum Gasteiger partial charge on any atom is 0.220 e. The zero-order chi connectivity index (χ0) is 9.23. The number of carbonyl (C=O) groups excluding carboxylic acids is 1. The van der Waals surface area contributed by atoms with Crippen molar-refractivity contribution in [3.8, 4) is 12.3 Å². The molecule has 0 rings (SSSR count). The highest BCUT2D eigenvalue weighted by Crippen LogP contribution is 1.91. The minimum atomic E-state index is 0.0747. The summed E-state index contributed by atoms with van der Waals surface area (Å²) in [5.41, 5.74) is 0. The van der Waals surface area contributed by atoms with Crippen molar-refractivity contribution < 1.29 is 4.79 Å². The average molecular weight is 185 g/mol. The van der Waals surface area contributed by atoms with Gasteiger partial charge >= 0.3 is 0 Å². The fourth-order valence-electron chi connectivity index (χ4n) is 0.770. The number of hydrogen-bond acceptors (Lipinski definition) is 2. The van der Waals surface area contributed by atoms with Crippen molar-refractivity contribution in [3.05, 3.63) is 0 Å². The summed E-state index contributed by atoms with van der Waals surface area (Å²) >= 11 is 3.95. The van der Waals surface area contributed by atoms with Crippen molar-refractivity contribution in [3.63, 3.8) is 0 Å². The molecule has 0 spiro atoms.